The zero-order chi connectivity index (χ0) is 31.2. The van der Waals surface area contributed by atoms with Gasteiger partial charge >= 0.3 is 0 Å². The third-order valence-corrected chi connectivity index (χ3v) is 9.74. The van der Waals surface area contributed by atoms with Gasteiger partial charge in [0.05, 0.1) is 5.41 Å². The molecule has 3 aromatic rings. The van der Waals surface area contributed by atoms with Crippen LogP contribution in [-0.4, -0.2) is 23.4 Å². The molecule has 3 aliphatic rings. The van der Waals surface area contributed by atoms with Gasteiger partial charge in [0.1, 0.15) is 6.54 Å². The summed E-state index contributed by atoms with van der Waals surface area (Å²) in [5.74, 6) is 0.953. The molecule has 0 spiro atoms. The number of aryl methyl sites for hydroxylation is 2. The molecule has 0 amide bonds. The molecule has 0 saturated carbocycles. The second-order valence-corrected chi connectivity index (χ2v) is 13.4. The number of nitrogens with zero attached hydrogens (tertiary/aromatic N) is 3. The average Bonchev–Trinajstić information content (AvgIpc) is 3.55. The van der Waals surface area contributed by atoms with Crippen molar-refractivity contribution in [1.29, 1.82) is 0 Å². The fourth-order valence-corrected chi connectivity index (χ4v) is 7.31. The quantitative estimate of drug-likeness (QED) is 0.260. The Morgan fingerprint density at radius 3 is 2.23 bits per heavy atom. The Kier molecular flexibility index (Phi) is 7.73. The molecule has 0 radical (unpaired) electrons. The first-order valence-corrected chi connectivity index (χ1v) is 16.2. The first kappa shape index (κ1) is 29.9. The maximum absolute atomic E-state index is 6.61. The monoisotopic (exact) mass is 585 g/mol. The van der Waals surface area contributed by atoms with Gasteiger partial charge in [-0.25, -0.2) is 4.84 Å². The van der Waals surface area contributed by atoms with Crippen molar-refractivity contribution in [3.05, 3.63) is 136 Å². The lowest BCUT2D eigenvalue weighted by molar-refractivity contribution is -0.879. The summed E-state index contributed by atoms with van der Waals surface area (Å²) in [5.41, 5.74) is 13.0. The van der Waals surface area contributed by atoms with Crippen LogP contribution in [-0.2, 0) is 10.8 Å². The molecule has 0 N–H and O–H groups in total. The Morgan fingerprint density at radius 2 is 1.52 bits per heavy atom. The highest BCUT2D eigenvalue weighted by Crippen LogP contribution is 2.48. The standard InChI is InChI=1S/C40H47N3O/c1-9-42-34-20-14-28(3)26-32(34)39(5,6)36(42)22-18-30-16-17-31(38(30)44-41-24-12-11-13-25-41)19-23-37-40(7,8)33-27-29(4)15-21-35(33)43(37)10-2/h11-15,18-27H,9-10,16-17H2,1-8H3/q+2. The van der Waals surface area contributed by atoms with E-state index in [0.29, 0.717) is 0 Å². The Bertz CT molecular complexity index is 1770. The number of hydrogen-bond donors (Lipinski definition) is 0. The summed E-state index contributed by atoms with van der Waals surface area (Å²) in [4.78, 5) is 9.07. The van der Waals surface area contributed by atoms with E-state index in [1.54, 1.807) is 0 Å². The van der Waals surface area contributed by atoms with Gasteiger partial charge in [0.2, 0.25) is 23.8 Å². The van der Waals surface area contributed by atoms with Gasteiger partial charge in [-0.05, 0) is 84.2 Å². The SMILES string of the molecule is CCN1/C(=C/C=C2\CCC(/C=C/C3=[N+](CC)c4ccc(C)cc4C3(C)C)=C2O[n+]2ccccc2)C(C)(C)c2cc(C)ccc21. The Morgan fingerprint density at radius 1 is 0.818 bits per heavy atom. The van der Waals surface area contributed by atoms with Gasteiger partial charge in [0.25, 0.3) is 0 Å². The van der Waals surface area contributed by atoms with Crippen molar-refractivity contribution in [3.8, 4) is 0 Å². The predicted octanol–water partition coefficient (Wildman–Crippen LogP) is 8.35. The number of aromatic nitrogens is 1. The zero-order valence-electron chi connectivity index (χ0n) is 27.7. The molecule has 0 unspecified atom stereocenters. The van der Waals surface area contributed by atoms with E-state index >= 15 is 0 Å². The number of anilines is 1. The topological polar surface area (TPSA) is 19.4 Å². The van der Waals surface area contributed by atoms with Crippen molar-refractivity contribution in [3.63, 3.8) is 0 Å². The van der Waals surface area contributed by atoms with E-state index in [4.69, 9.17) is 4.84 Å². The number of likely N-dealkylation sites (N-methyl/N-ethyl adjacent to an activating group) is 1. The molecular formula is C40H47N3O+2. The maximum atomic E-state index is 6.61. The minimum absolute atomic E-state index is 0.0731. The second kappa shape index (κ2) is 11.4. The number of benzene rings is 2. The van der Waals surface area contributed by atoms with Crippen LogP contribution in [0.2, 0.25) is 0 Å². The molecule has 0 atom stereocenters. The summed E-state index contributed by atoms with van der Waals surface area (Å²) in [7, 11) is 0. The van der Waals surface area contributed by atoms with Crippen molar-refractivity contribution in [2.24, 2.45) is 0 Å². The summed E-state index contributed by atoms with van der Waals surface area (Å²) in [6.07, 6.45) is 15.1. The molecular weight excluding hydrogens is 538 g/mol. The molecule has 4 nitrogen and oxygen atoms in total. The largest absolute Gasteiger partial charge is 0.344 e. The van der Waals surface area contributed by atoms with Crippen LogP contribution < -0.4 is 14.5 Å². The molecule has 0 bridgehead atoms. The molecule has 44 heavy (non-hydrogen) atoms. The van der Waals surface area contributed by atoms with Crippen molar-refractivity contribution in [2.45, 2.75) is 79.1 Å². The van der Waals surface area contributed by atoms with Gasteiger partial charge < -0.3 is 4.90 Å². The predicted molar refractivity (Wildman–Crippen MR) is 182 cm³/mol. The summed E-state index contributed by atoms with van der Waals surface area (Å²) < 4.78 is 4.28. The van der Waals surface area contributed by atoms with Crippen molar-refractivity contribution in [2.75, 3.05) is 18.0 Å². The molecule has 3 heterocycles. The van der Waals surface area contributed by atoms with Crippen LogP contribution >= 0.6 is 0 Å². The minimum atomic E-state index is -0.0731. The van der Waals surface area contributed by atoms with Crippen molar-refractivity contribution < 1.29 is 14.1 Å². The molecule has 1 aromatic heterocycles. The lowest BCUT2D eigenvalue weighted by atomic mass is 9.80. The zero-order valence-corrected chi connectivity index (χ0v) is 27.7. The molecule has 4 heteroatoms. The van der Waals surface area contributed by atoms with E-state index < -0.39 is 0 Å². The van der Waals surface area contributed by atoms with Crippen LogP contribution in [0.3, 0.4) is 0 Å². The van der Waals surface area contributed by atoms with E-state index in [1.165, 1.54) is 56.2 Å². The number of fused-ring (bicyclic) bond motifs is 2. The molecule has 2 aromatic carbocycles. The van der Waals surface area contributed by atoms with E-state index in [1.807, 2.05) is 35.3 Å². The Balaban J connectivity index is 1.41. The summed E-state index contributed by atoms with van der Waals surface area (Å²) in [5, 5.41) is 0. The van der Waals surface area contributed by atoms with Gasteiger partial charge in [-0.2, -0.15) is 4.58 Å². The van der Waals surface area contributed by atoms with Gasteiger partial charge in [-0.1, -0.05) is 55.3 Å². The van der Waals surface area contributed by atoms with Crippen LogP contribution in [0.1, 0.15) is 76.6 Å². The van der Waals surface area contributed by atoms with Crippen LogP contribution in [0.4, 0.5) is 11.4 Å². The van der Waals surface area contributed by atoms with Gasteiger partial charge in [-0.3, -0.25) is 0 Å². The van der Waals surface area contributed by atoms with Crippen LogP contribution in [0.5, 0.6) is 0 Å². The first-order valence-electron chi connectivity index (χ1n) is 16.2. The highest BCUT2D eigenvalue weighted by molar-refractivity contribution is 6.03. The molecule has 0 fully saturated rings. The number of pyridine rings is 1. The van der Waals surface area contributed by atoms with Crippen molar-refractivity contribution in [1.82, 2.24) is 0 Å². The third-order valence-electron chi connectivity index (χ3n) is 9.74. The molecule has 226 valence electrons. The number of hydrogen-bond acceptors (Lipinski definition) is 2. The lowest BCUT2D eigenvalue weighted by Crippen LogP contribution is -2.41. The summed E-state index contributed by atoms with van der Waals surface area (Å²) >= 11 is 0. The molecule has 1 aliphatic carbocycles. The highest BCUT2D eigenvalue weighted by Gasteiger charge is 2.44. The fourth-order valence-electron chi connectivity index (χ4n) is 7.31. The summed E-state index contributed by atoms with van der Waals surface area (Å²) in [6, 6.07) is 19.7. The van der Waals surface area contributed by atoms with E-state index in [2.05, 4.69) is 126 Å². The normalized spacial score (nSPS) is 20.4. The smallest absolute Gasteiger partial charge is 0.223 e. The van der Waals surface area contributed by atoms with Crippen molar-refractivity contribution >= 4 is 17.1 Å². The van der Waals surface area contributed by atoms with Crippen LogP contribution in [0.25, 0.3) is 0 Å². The van der Waals surface area contributed by atoms with Gasteiger partial charge in [0, 0.05) is 69.1 Å². The van der Waals surface area contributed by atoms with Crippen LogP contribution in [0, 0.1) is 13.8 Å². The molecule has 6 rings (SSSR count). The average molecular weight is 586 g/mol. The Labute approximate surface area is 264 Å². The third kappa shape index (κ3) is 5.04. The second-order valence-electron chi connectivity index (χ2n) is 13.4. The highest BCUT2D eigenvalue weighted by atomic mass is 16.7. The minimum Gasteiger partial charge on any atom is -0.344 e. The molecule has 0 saturated heterocycles. The lowest BCUT2D eigenvalue weighted by Gasteiger charge is -2.26. The number of allylic oxidation sites excluding steroid dienone is 7. The first-order chi connectivity index (χ1) is 21.1. The van der Waals surface area contributed by atoms with Gasteiger partial charge in [0.15, 0.2) is 5.71 Å². The maximum Gasteiger partial charge on any atom is 0.223 e. The fraction of sp³-hybridized carbons (Fsp3) is 0.350. The van der Waals surface area contributed by atoms with E-state index in [9.17, 15) is 0 Å². The van der Waals surface area contributed by atoms with E-state index in [-0.39, 0.29) is 10.8 Å². The molecule has 2 aliphatic heterocycles. The number of rotatable bonds is 7. The summed E-state index contributed by atoms with van der Waals surface area (Å²) in [6.45, 7) is 20.1. The van der Waals surface area contributed by atoms with E-state index in [0.717, 1.165) is 31.7 Å². The van der Waals surface area contributed by atoms with Gasteiger partial charge in [-0.15, -0.1) is 0 Å². The Hall–Kier alpha value is -4.18. The van der Waals surface area contributed by atoms with Crippen LogP contribution in [0.15, 0.2) is 114 Å².